The zero-order valence-electron chi connectivity index (χ0n) is 15.3. The van der Waals surface area contributed by atoms with E-state index in [2.05, 4.69) is 5.32 Å². The fourth-order valence-corrected chi connectivity index (χ4v) is 3.66. The third-order valence-corrected chi connectivity index (χ3v) is 5.42. The molecule has 0 aliphatic carbocycles. The zero-order chi connectivity index (χ0) is 20.2. The Morgan fingerprint density at radius 1 is 1.21 bits per heavy atom. The lowest BCUT2D eigenvalue weighted by molar-refractivity contribution is -0.121. The number of fused-ring (bicyclic) bond motifs is 1. The van der Waals surface area contributed by atoms with E-state index in [1.165, 1.54) is 11.3 Å². The van der Waals surface area contributed by atoms with Crippen molar-refractivity contribution >= 4 is 46.1 Å². The maximum absolute atomic E-state index is 12.4. The van der Waals surface area contributed by atoms with E-state index >= 15 is 0 Å². The van der Waals surface area contributed by atoms with Gasteiger partial charge in [0.05, 0.1) is 17.1 Å². The molecular weight excluding hydrogens is 412 g/mol. The minimum atomic E-state index is -0.194. The Balaban J connectivity index is 1.47. The number of hydrogen-bond donors (Lipinski definition) is 1. The number of nitrogens with one attached hydrogen (secondary N) is 1. The Morgan fingerprint density at radius 3 is 2.79 bits per heavy atom. The quantitative estimate of drug-likeness (QED) is 0.629. The third kappa shape index (κ3) is 4.52. The van der Waals surface area contributed by atoms with Crippen molar-refractivity contribution in [3.8, 4) is 11.5 Å². The molecule has 0 saturated heterocycles. The standard InChI is InChI=1S/C21H17ClN2O4S/c22-14-3-6-16(7-4-14)27-10-9-24-17-12-15(5-8-18(17)28-13-20(24)25)23-21(26)19-2-1-11-29-19/h1-8,11-12H,9-10,13H2,(H,23,26). The van der Waals surface area contributed by atoms with Gasteiger partial charge in [-0.1, -0.05) is 17.7 Å². The van der Waals surface area contributed by atoms with E-state index in [9.17, 15) is 9.59 Å². The van der Waals surface area contributed by atoms with E-state index < -0.39 is 0 Å². The van der Waals surface area contributed by atoms with Gasteiger partial charge in [0.2, 0.25) is 0 Å². The summed E-state index contributed by atoms with van der Waals surface area (Å²) >= 11 is 7.24. The Morgan fingerprint density at radius 2 is 2.03 bits per heavy atom. The van der Waals surface area contributed by atoms with E-state index in [1.807, 2.05) is 11.4 Å². The number of rotatable bonds is 6. The van der Waals surface area contributed by atoms with Crippen molar-refractivity contribution in [2.24, 2.45) is 0 Å². The van der Waals surface area contributed by atoms with Crippen LogP contribution in [0.4, 0.5) is 11.4 Å². The van der Waals surface area contributed by atoms with Crippen LogP contribution in [0.5, 0.6) is 11.5 Å². The summed E-state index contributed by atoms with van der Waals surface area (Å²) < 4.78 is 11.2. The third-order valence-electron chi connectivity index (χ3n) is 4.30. The van der Waals surface area contributed by atoms with Crippen molar-refractivity contribution in [3.05, 3.63) is 69.9 Å². The van der Waals surface area contributed by atoms with Crippen LogP contribution < -0.4 is 19.7 Å². The lowest BCUT2D eigenvalue weighted by Gasteiger charge is -2.29. The van der Waals surface area contributed by atoms with Crippen LogP contribution in [0.15, 0.2) is 60.0 Å². The molecule has 0 saturated carbocycles. The van der Waals surface area contributed by atoms with Gasteiger partial charge in [-0.3, -0.25) is 9.59 Å². The van der Waals surface area contributed by atoms with Gasteiger partial charge in [0, 0.05) is 10.7 Å². The van der Waals surface area contributed by atoms with Gasteiger partial charge >= 0.3 is 0 Å². The molecule has 2 amide bonds. The number of carbonyl (C=O) groups excluding carboxylic acids is 2. The summed E-state index contributed by atoms with van der Waals surface area (Å²) in [4.78, 5) is 26.9. The molecule has 29 heavy (non-hydrogen) atoms. The van der Waals surface area contributed by atoms with Crippen LogP contribution in [0.1, 0.15) is 9.67 Å². The van der Waals surface area contributed by atoms with Crippen molar-refractivity contribution in [1.29, 1.82) is 0 Å². The maximum Gasteiger partial charge on any atom is 0.265 e. The van der Waals surface area contributed by atoms with Crippen molar-refractivity contribution in [3.63, 3.8) is 0 Å². The number of thiophene rings is 1. The molecule has 0 radical (unpaired) electrons. The predicted molar refractivity (Wildman–Crippen MR) is 114 cm³/mol. The minimum absolute atomic E-state index is 0.0329. The molecule has 6 nitrogen and oxygen atoms in total. The number of benzene rings is 2. The van der Waals surface area contributed by atoms with E-state index in [1.54, 1.807) is 53.4 Å². The number of anilines is 2. The van der Waals surface area contributed by atoms with Crippen molar-refractivity contribution in [2.75, 3.05) is 30.0 Å². The Labute approximate surface area is 176 Å². The van der Waals surface area contributed by atoms with Gasteiger partial charge in [0.1, 0.15) is 18.1 Å². The molecule has 4 rings (SSSR count). The number of halogens is 1. The summed E-state index contributed by atoms with van der Waals surface area (Å²) in [5, 5.41) is 5.33. The van der Waals surface area contributed by atoms with Crippen LogP contribution in [-0.4, -0.2) is 31.6 Å². The van der Waals surface area contributed by atoms with Crippen LogP contribution >= 0.6 is 22.9 Å². The molecule has 0 fully saturated rings. The summed E-state index contributed by atoms with van der Waals surface area (Å²) in [6.45, 7) is 0.619. The van der Waals surface area contributed by atoms with Crippen molar-refractivity contribution in [1.82, 2.24) is 0 Å². The summed E-state index contributed by atoms with van der Waals surface area (Å²) in [5.41, 5.74) is 1.19. The molecule has 0 atom stereocenters. The van der Waals surface area contributed by atoms with E-state index in [4.69, 9.17) is 21.1 Å². The molecule has 0 bridgehead atoms. The second-order valence-electron chi connectivity index (χ2n) is 6.25. The van der Waals surface area contributed by atoms with Crippen LogP contribution in [0.2, 0.25) is 5.02 Å². The number of hydrogen-bond acceptors (Lipinski definition) is 5. The highest BCUT2D eigenvalue weighted by Gasteiger charge is 2.26. The second-order valence-corrected chi connectivity index (χ2v) is 7.63. The molecule has 1 aliphatic heterocycles. The van der Waals surface area contributed by atoms with Crippen LogP contribution in [0, 0.1) is 0 Å². The molecule has 2 heterocycles. The van der Waals surface area contributed by atoms with Gasteiger partial charge in [0.25, 0.3) is 11.8 Å². The number of nitrogens with zero attached hydrogens (tertiary/aromatic N) is 1. The lowest BCUT2D eigenvalue weighted by atomic mass is 10.2. The molecule has 8 heteroatoms. The molecule has 0 spiro atoms. The van der Waals surface area contributed by atoms with Gasteiger partial charge in [-0.25, -0.2) is 0 Å². The van der Waals surface area contributed by atoms with Crippen LogP contribution in [-0.2, 0) is 4.79 Å². The van der Waals surface area contributed by atoms with E-state index in [-0.39, 0.29) is 18.4 Å². The number of carbonyl (C=O) groups is 2. The SMILES string of the molecule is O=C(Nc1ccc2c(c1)N(CCOc1ccc(Cl)cc1)C(=O)CO2)c1cccs1. The first kappa shape index (κ1) is 19.3. The summed E-state index contributed by atoms with van der Waals surface area (Å²) in [6.07, 6.45) is 0. The van der Waals surface area contributed by atoms with Crippen LogP contribution in [0.25, 0.3) is 0 Å². The van der Waals surface area contributed by atoms with Gasteiger partial charge in [-0.05, 0) is 53.9 Å². The van der Waals surface area contributed by atoms with Crippen molar-refractivity contribution < 1.29 is 19.1 Å². The highest BCUT2D eigenvalue weighted by molar-refractivity contribution is 7.12. The van der Waals surface area contributed by atoms with Gasteiger partial charge in [-0.2, -0.15) is 0 Å². The molecule has 2 aromatic carbocycles. The first-order valence-electron chi connectivity index (χ1n) is 8.90. The summed E-state index contributed by atoms with van der Waals surface area (Å²) in [5.74, 6) is 0.900. The first-order chi connectivity index (χ1) is 14.1. The van der Waals surface area contributed by atoms with Crippen molar-refractivity contribution in [2.45, 2.75) is 0 Å². The largest absolute Gasteiger partial charge is 0.492 e. The monoisotopic (exact) mass is 428 g/mol. The first-order valence-corrected chi connectivity index (χ1v) is 10.2. The Kier molecular flexibility index (Phi) is 5.69. The smallest absolute Gasteiger partial charge is 0.265 e. The molecule has 0 unspecified atom stereocenters. The average molecular weight is 429 g/mol. The number of amides is 2. The molecule has 1 aliphatic rings. The number of ether oxygens (including phenoxy) is 2. The fourth-order valence-electron chi connectivity index (χ4n) is 2.91. The molecule has 3 aromatic rings. The second kappa shape index (κ2) is 8.55. The average Bonchev–Trinajstić information content (AvgIpc) is 3.26. The summed E-state index contributed by atoms with van der Waals surface area (Å²) in [6, 6.07) is 15.9. The molecule has 148 valence electrons. The highest BCUT2D eigenvalue weighted by atomic mass is 35.5. The summed E-state index contributed by atoms with van der Waals surface area (Å²) in [7, 11) is 0. The topological polar surface area (TPSA) is 67.9 Å². The maximum atomic E-state index is 12.4. The van der Waals surface area contributed by atoms with Gasteiger partial charge in [0.15, 0.2) is 6.61 Å². The van der Waals surface area contributed by atoms with E-state index in [0.717, 1.165) is 0 Å². The molecular formula is C21H17ClN2O4S. The normalized spacial score (nSPS) is 12.9. The minimum Gasteiger partial charge on any atom is -0.492 e. The zero-order valence-corrected chi connectivity index (χ0v) is 16.8. The van der Waals surface area contributed by atoms with Crippen LogP contribution in [0.3, 0.4) is 0 Å². The lowest BCUT2D eigenvalue weighted by Crippen LogP contribution is -2.41. The predicted octanol–water partition coefficient (Wildman–Crippen LogP) is 4.46. The fraction of sp³-hybridized carbons (Fsp3) is 0.143. The van der Waals surface area contributed by atoms with Gasteiger partial charge in [-0.15, -0.1) is 11.3 Å². The Bertz CT molecular complexity index is 1020. The highest BCUT2D eigenvalue weighted by Crippen LogP contribution is 2.34. The molecule has 1 aromatic heterocycles. The van der Waals surface area contributed by atoms with Gasteiger partial charge < -0.3 is 19.7 Å². The Hall–Kier alpha value is -3.03. The van der Waals surface area contributed by atoms with E-state index in [0.29, 0.717) is 45.9 Å². The molecule has 1 N–H and O–H groups in total.